The van der Waals surface area contributed by atoms with E-state index in [1.165, 1.54) is 12.1 Å². The number of nitrogens with one attached hydrogen (secondary N) is 1. The van der Waals surface area contributed by atoms with E-state index in [1.54, 1.807) is 0 Å². The summed E-state index contributed by atoms with van der Waals surface area (Å²) >= 11 is 0. The minimum absolute atomic E-state index is 0.0657. The van der Waals surface area contributed by atoms with Gasteiger partial charge in [-0.3, -0.25) is 10.1 Å². The van der Waals surface area contributed by atoms with Crippen LogP contribution in [0.25, 0.3) is 0 Å². The van der Waals surface area contributed by atoms with E-state index < -0.39 is 14.8 Å². The number of anilines is 1. The Kier molecular flexibility index (Phi) is 5.90. The Morgan fingerprint density at radius 1 is 1.40 bits per heavy atom. The summed E-state index contributed by atoms with van der Waals surface area (Å²) in [6.45, 7) is 3.60. The molecule has 0 bridgehead atoms. The van der Waals surface area contributed by atoms with Crippen LogP contribution in [0.4, 0.5) is 11.4 Å². The molecule has 7 nitrogen and oxygen atoms in total. The van der Waals surface area contributed by atoms with Gasteiger partial charge >= 0.3 is 0 Å². The van der Waals surface area contributed by atoms with Crippen molar-refractivity contribution in [3.8, 4) is 0 Å². The summed E-state index contributed by atoms with van der Waals surface area (Å²) in [6.07, 6.45) is 1.72. The molecule has 1 N–H and O–H groups in total. The molecule has 0 fully saturated rings. The predicted octanol–water partition coefficient (Wildman–Crippen LogP) is 1.84. The van der Waals surface area contributed by atoms with Crippen LogP contribution in [-0.2, 0) is 14.6 Å². The van der Waals surface area contributed by atoms with Gasteiger partial charge in [-0.1, -0.05) is 0 Å². The van der Waals surface area contributed by atoms with Gasteiger partial charge < -0.3 is 10.1 Å². The van der Waals surface area contributed by atoms with Crippen LogP contribution in [0.1, 0.15) is 13.3 Å². The Hall–Kier alpha value is -1.67. The molecule has 0 amide bonds. The van der Waals surface area contributed by atoms with E-state index >= 15 is 0 Å². The first-order valence-corrected chi connectivity index (χ1v) is 8.05. The number of hydrogen-bond acceptors (Lipinski definition) is 6. The van der Waals surface area contributed by atoms with Gasteiger partial charge in [0, 0.05) is 32.1 Å². The van der Waals surface area contributed by atoms with Crippen molar-refractivity contribution < 1.29 is 18.1 Å². The van der Waals surface area contributed by atoms with Gasteiger partial charge in [0.05, 0.1) is 9.82 Å². The maximum absolute atomic E-state index is 11.4. The molecule has 1 aromatic rings. The lowest BCUT2D eigenvalue weighted by atomic mass is 10.2. The summed E-state index contributed by atoms with van der Waals surface area (Å²) < 4.78 is 27.9. The van der Waals surface area contributed by atoms with Crippen molar-refractivity contribution in [2.45, 2.75) is 18.2 Å². The quantitative estimate of drug-likeness (QED) is 0.447. The molecule has 1 aromatic carbocycles. The van der Waals surface area contributed by atoms with Gasteiger partial charge in [-0.25, -0.2) is 8.42 Å². The third-order valence-electron chi connectivity index (χ3n) is 2.58. The molecule has 0 saturated carbocycles. The standard InChI is InChI=1S/C12H18N2O5S/c1-3-19-8-4-7-13-11-6-5-10(20(2,17)18)9-12(11)14(15)16/h5-6,9,13H,3-4,7-8H2,1-2H3. The Labute approximate surface area is 118 Å². The molecule has 1 rings (SSSR count). The summed E-state index contributed by atoms with van der Waals surface area (Å²) in [4.78, 5) is 10.3. The maximum Gasteiger partial charge on any atom is 0.293 e. The molecule has 20 heavy (non-hydrogen) atoms. The zero-order chi connectivity index (χ0) is 15.2. The Balaban J connectivity index is 2.83. The van der Waals surface area contributed by atoms with Crippen LogP contribution >= 0.6 is 0 Å². The first kappa shape index (κ1) is 16.4. The SMILES string of the molecule is CCOCCCNc1ccc(S(C)(=O)=O)cc1[N+](=O)[O-]. The van der Waals surface area contributed by atoms with Gasteiger partial charge in [0.15, 0.2) is 9.84 Å². The second-order valence-electron chi connectivity index (χ2n) is 4.19. The molecule has 0 aliphatic carbocycles. The highest BCUT2D eigenvalue weighted by Crippen LogP contribution is 2.27. The van der Waals surface area contributed by atoms with E-state index in [0.29, 0.717) is 31.9 Å². The van der Waals surface area contributed by atoms with Crippen LogP contribution in [0.2, 0.25) is 0 Å². The first-order chi connectivity index (χ1) is 9.36. The van der Waals surface area contributed by atoms with E-state index in [0.717, 1.165) is 12.3 Å². The minimum atomic E-state index is -3.46. The van der Waals surface area contributed by atoms with Crippen LogP contribution in [0, 0.1) is 10.1 Å². The Bertz CT molecular complexity index is 571. The van der Waals surface area contributed by atoms with E-state index in [2.05, 4.69) is 5.32 Å². The third-order valence-corrected chi connectivity index (χ3v) is 3.69. The van der Waals surface area contributed by atoms with Crippen molar-refractivity contribution in [3.63, 3.8) is 0 Å². The molecular formula is C12H18N2O5S. The Morgan fingerprint density at radius 2 is 2.10 bits per heavy atom. The molecule has 0 aromatic heterocycles. The number of nitro groups is 1. The van der Waals surface area contributed by atoms with E-state index in [4.69, 9.17) is 4.74 Å². The van der Waals surface area contributed by atoms with Crippen LogP contribution in [0.15, 0.2) is 23.1 Å². The van der Waals surface area contributed by atoms with Crippen molar-refractivity contribution >= 4 is 21.2 Å². The van der Waals surface area contributed by atoms with Gasteiger partial charge in [-0.2, -0.15) is 0 Å². The second-order valence-corrected chi connectivity index (χ2v) is 6.20. The molecule has 8 heteroatoms. The number of sulfone groups is 1. The van der Waals surface area contributed by atoms with Gasteiger partial charge in [-0.05, 0) is 25.5 Å². The number of nitrogens with zero attached hydrogens (tertiary/aromatic N) is 1. The van der Waals surface area contributed by atoms with Crippen molar-refractivity contribution in [1.82, 2.24) is 0 Å². The zero-order valence-corrected chi connectivity index (χ0v) is 12.3. The van der Waals surface area contributed by atoms with Crippen molar-refractivity contribution in [3.05, 3.63) is 28.3 Å². The number of benzene rings is 1. The number of ether oxygens (including phenoxy) is 1. The molecule has 0 spiro atoms. The molecule has 112 valence electrons. The largest absolute Gasteiger partial charge is 0.382 e. The van der Waals surface area contributed by atoms with Crippen LogP contribution in [-0.4, -0.2) is 39.4 Å². The molecule has 0 unspecified atom stereocenters. The minimum Gasteiger partial charge on any atom is -0.382 e. The fourth-order valence-electron chi connectivity index (χ4n) is 1.58. The van der Waals surface area contributed by atoms with Gasteiger partial charge in [0.2, 0.25) is 0 Å². The average molecular weight is 302 g/mol. The van der Waals surface area contributed by atoms with Crippen molar-refractivity contribution in [2.24, 2.45) is 0 Å². The lowest BCUT2D eigenvalue weighted by Gasteiger charge is -2.08. The summed E-state index contributed by atoms with van der Waals surface area (Å²) in [5.41, 5.74) is 0.0585. The highest BCUT2D eigenvalue weighted by Gasteiger charge is 2.18. The van der Waals surface area contributed by atoms with Gasteiger partial charge in [0.1, 0.15) is 5.69 Å². The summed E-state index contributed by atoms with van der Waals surface area (Å²) in [5, 5.41) is 13.9. The fourth-order valence-corrected chi connectivity index (χ4v) is 2.23. The number of nitro benzene ring substituents is 1. The van der Waals surface area contributed by atoms with E-state index in [9.17, 15) is 18.5 Å². The summed E-state index contributed by atoms with van der Waals surface area (Å²) in [5.74, 6) is 0. The molecule has 0 radical (unpaired) electrons. The van der Waals surface area contributed by atoms with Crippen molar-refractivity contribution in [2.75, 3.05) is 31.3 Å². The monoisotopic (exact) mass is 302 g/mol. The topological polar surface area (TPSA) is 98.5 Å². The normalized spacial score (nSPS) is 11.3. The lowest BCUT2D eigenvalue weighted by Crippen LogP contribution is -2.08. The number of hydrogen-bond donors (Lipinski definition) is 1. The molecular weight excluding hydrogens is 284 g/mol. The summed E-state index contributed by atoms with van der Waals surface area (Å²) in [7, 11) is -3.46. The van der Waals surface area contributed by atoms with Crippen molar-refractivity contribution in [1.29, 1.82) is 0 Å². The first-order valence-electron chi connectivity index (χ1n) is 6.16. The van der Waals surface area contributed by atoms with Crippen LogP contribution in [0.3, 0.4) is 0 Å². The lowest BCUT2D eigenvalue weighted by molar-refractivity contribution is -0.384. The Morgan fingerprint density at radius 3 is 2.65 bits per heavy atom. The molecule has 0 saturated heterocycles. The van der Waals surface area contributed by atoms with Crippen LogP contribution in [0.5, 0.6) is 0 Å². The average Bonchev–Trinajstić information content (AvgIpc) is 2.37. The number of rotatable bonds is 8. The van der Waals surface area contributed by atoms with Crippen LogP contribution < -0.4 is 5.32 Å². The van der Waals surface area contributed by atoms with Gasteiger partial charge in [-0.15, -0.1) is 0 Å². The second kappa shape index (κ2) is 7.20. The molecule has 0 heterocycles. The maximum atomic E-state index is 11.4. The molecule has 0 aliphatic rings. The molecule has 0 atom stereocenters. The highest BCUT2D eigenvalue weighted by atomic mass is 32.2. The third kappa shape index (κ3) is 4.78. The summed E-state index contributed by atoms with van der Waals surface area (Å²) in [6, 6.07) is 3.84. The van der Waals surface area contributed by atoms with E-state index in [1.807, 2.05) is 6.92 Å². The molecule has 0 aliphatic heterocycles. The van der Waals surface area contributed by atoms with E-state index in [-0.39, 0.29) is 10.6 Å². The fraction of sp³-hybridized carbons (Fsp3) is 0.500. The highest BCUT2D eigenvalue weighted by molar-refractivity contribution is 7.90. The predicted molar refractivity (Wildman–Crippen MR) is 75.8 cm³/mol. The zero-order valence-electron chi connectivity index (χ0n) is 11.5. The van der Waals surface area contributed by atoms with Gasteiger partial charge in [0.25, 0.3) is 5.69 Å². The smallest absolute Gasteiger partial charge is 0.293 e.